The van der Waals surface area contributed by atoms with Crippen molar-refractivity contribution < 1.29 is 9.59 Å². The predicted octanol–water partition coefficient (Wildman–Crippen LogP) is 0.681. The van der Waals surface area contributed by atoms with Crippen LogP contribution in [0.5, 0.6) is 0 Å². The molecule has 1 atom stereocenters. The van der Waals surface area contributed by atoms with Crippen molar-refractivity contribution in [2.45, 2.75) is 38.6 Å². The Morgan fingerprint density at radius 2 is 2.00 bits per heavy atom. The van der Waals surface area contributed by atoms with Crippen LogP contribution in [0.15, 0.2) is 30.3 Å². The first-order chi connectivity index (χ1) is 9.67. The van der Waals surface area contributed by atoms with Gasteiger partial charge in [0.2, 0.25) is 0 Å². The maximum atomic E-state index is 12.0. The van der Waals surface area contributed by atoms with Gasteiger partial charge in [-0.05, 0) is 0 Å². The number of nitrogens with one attached hydrogen (secondary N) is 2. The summed E-state index contributed by atoms with van der Waals surface area (Å²) < 4.78 is 0. The van der Waals surface area contributed by atoms with E-state index in [0.717, 1.165) is 18.4 Å². The minimum absolute atomic E-state index is 0.0907. The Hall–Kier alpha value is -1.91. The zero-order valence-corrected chi connectivity index (χ0v) is 11.9. The van der Waals surface area contributed by atoms with Gasteiger partial charge in [0.05, 0.1) is 0 Å². The molecule has 1 aromatic carbocycles. The van der Waals surface area contributed by atoms with Crippen molar-refractivity contribution in [1.82, 2.24) is 10.6 Å². The van der Waals surface area contributed by atoms with Crippen molar-refractivity contribution in [1.29, 1.82) is 0 Å². The van der Waals surface area contributed by atoms with E-state index in [1.54, 1.807) is 0 Å². The van der Waals surface area contributed by atoms with Crippen molar-refractivity contribution in [3.8, 4) is 0 Å². The van der Waals surface area contributed by atoms with E-state index in [2.05, 4.69) is 18.1 Å². The van der Waals surface area contributed by atoms with Crippen molar-refractivity contribution >= 4 is 25.4 Å². The molecule has 0 radical (unpaired) electrons. The first kappa shape index (κ1) is 16.2. The van der Waals surface area contributed by atoms with Crippen LogP contribution in [0.2, 0.25) is 0 Å². The first-order valence-electron chi connectivity index (χ1n) is 6.92. The van der Waals surface area contributed by atoms with Gasteiger partial charge in [0, 0.05) is 0 Å². The Morgan fingerprint density at radius 1 is 1.30 bits per heavy atom. The summed E-state index contributed by atoms with van der Waals surface area (Å²) in [5.74, 6) is -0.333. The van der Waals surface area contributed by atoms with E-state index < -0.39 is 6.04 Å². The van der Waals surface area contributed by atoms with Gasteiger partial charge in [0.25, 0.3) is 0 Å². The number of rotatable bonds is 8. The second-order valence-electron chi connectivity index (χ2n) is 4.63. The fourth-order valence-electron chi connectivity index (χ4n) is 1.86. The average molecular weight is 272 g/mol. The van der Waals surface area contributed by atoms with E-state index in [-0.39, 0.29) is 11.8 Å². The summed E-state index contributed by atoms with van der Waals surface area (Å²) in [6.07, 6.45) is 4.03. The quantitative estimate of drug-likeness (QED) is 0.684. The van der Waals surface area contributed by atoms with Gasteiger partial charge >= 0.3 is 120 Å². The van der Waals surface area contributed by atoms with Crippen LogP contribution >= 0.6 is 0 Å². The van der Waals surface area contributed by atoms with E-state index >= 15 is 0 Å². The summed E-state index contributed by atoms with van der Waals surface area (Å²) in [6.45, 7) is 2.03. The summed E-state index contributed by atoms with van der Waals surface area (Å²) in [5, 5.41) is 5.32. The van der Waals surface area contributed by atoms with E-state index in [9.17, 15) is 9.59 Å². The molecule has 0 bridgehead atoms. The van der Waals surface area contributed by atoms with Gasteiger partial charge in [-0.3, -0.25) is 0 Å². The molecule has 1 rings (SSSR count). The number of carbonyl (C=O) groups is 2. The van der Waals surface area contributed by atoms with E-state index in [4.69, 9.17) is 0 Å². The predicted molar refractivity (Wildman–Crippen MR) is 83.0 cm³/mol. The molecule has 1 unspecified atom stereocenters. The van der Waals surface area contributed by atoms with Crippen LogP contribution in [0.1, 0.15) is 31.7 Å². The monoisotopic (exact) mass is 272 g/mol. The second kappa shape index (κ2) is 9.07. The molecule has 0 spiro atoms. The third-order valence-corrected chi connectivity index (χ3v) is 2.94. The first-order valence-corrected chi connectivity index (χ1v) is 6.92. The molecule has 2 N–H and O–H groups in total. The van der Waals surface area contributed by atoms with Crippen molar-refractivity contribution in [3.63, 3.8) is 0 Å². The molecule has 20 heavy (non-hydrogen) atoms. The number of unbranched alkanes of at least 4 members (excludes halogenated alkanes) is 1. The fraction of sp³-hybridized carbons (Fsp3) is 0.400. The fourth-order valence-corrected chi connectivity index (χ4v) is 1.86. The Bertz CT molecular complexity index is 448. The standard InChI is InChI=1S/C15H21BN2O2/c1-2-3-9-14(19)18-13(15(20)17-11-16)10-12-7-5-4-6-8-12/h4-8,11,13,16H,2-3,9-10H2,1H3,(H,17,20)(H,18,19). The van der Waals surface area contributed by atoms with E-state index in [0.29, 0.717) is 12.8 Å². The molecule has 0 saturated heterocycles. The van der Waals surface area contributed by atoms with Crippen LogP contribution in [0.25, 0.3) is 0 Å². The number of carbonyl (C=O) groups excluding carboxylic acids is 2. The molecule has 0 fully saturated rings. The molecule has 4 nitrogen and oxygen atoms in total. The minimum atomic E-state index is -0.570. The summed E-state index contributed by atoms with van der Waals surface area (Å²) in [4.78, 5) is 23.8. The van der Waals surface area contributed by atoms with Crippen molar-refractivity contribution in [3.05, 3.63) is 35.9 Å². The van der Waals surface area contributed by atoms with Crippen LogP contribution in [0.3, 0.4) is 0 Å². The van der Waals surface area contributed by atoms with E-state index in [1.165, 1.54) is 6.09 Å². The van der Waals surface area contributed by atoms with Gasteiger partial charge in [0.1, 0.15) is 0 Å². The molecule has 1 aromatic rings. The number of benzene rings is 1. The van der Waals surface area contributed by atoms with Crippen molar-refractivity contribution in [2.24, 2.45) is 0 Å². The molecule has 0 aliphatic rings. The molecular formula is C15H21BN2O2. The maximum absolute atomic E-state index is 12.0. The van der Waals surface area contributed by atoms with Gasteiger partial charge in [0.15, 0.2) is 0 Å². The Labute approximate surface area is 121 Å². The molecule has 0 aromatic heterocycles. The summed E-state index contributed by atoms with van der Waals surface area (Å²) in [5.41, 5.74) is 1.01. The van der Waals surface area contributed by atoms with Crippen LogP contribution in [-0.2, 0) is 16.0 Å². The van der Waals surface area contributed by atoms with E-state index in [1.807, 2.05) is 37.3 Å². The number of amides is 2. The van der Waals surface area contributed by atoms with Gasteiger partial charge < -0.3 is 0 Å². The zero-order chi connectivity index (χ0) is 14.8. The normalized spacial score (nSPS) is 11.4. The Morgan fingerprint density at radius 3 is 2.60 bits per heavy atom. The molecule has 0 saturated carbocycles. The third kappa shape index (κ3) is 5.82. The van der Waals surface area contributed by atoms with Crippen LogP contribution in [-0.4, -0.2) is 31.4 Å². The van der Waals surface area contributed by atoms with Crippen molar-refractivity contribution in [2.75, 3.05) is 0 Å². The Balaban J connectivity index is 2.67. The number of hydrogen-bond donors (Lipinski definition) is 2. The molecule has 0 heterocycles. The van der Waals surface area contributed by atoms with Gasteiger partial charge in [-0.25, -0.2) is 0 Å². The molecular weight excluding hydrogens is 251 g/mol. The summed E-state index contributed by atoms with van der Waals surface area (Å²) >= 11 is 0. The van der Waals surface area contributed by atoms with Crippen LogP contribution in [0.4, 0.5) is 0 Å². The number of hydrogen-bond acceptors (Lipinski definition) is 2. The summed E-state index contributed by atoms with van der Waals surface area (Å²) in [7, 11) is 3.47. The average Bonchev–Trinajstić information content (AvgIpc) is 2.46. The van der Waals surface area contributed by atoms with Gasteiger partial charge in [-0.1, -0.05) is 0 Å². The van der Waals surface area contributed by atoms with Gasteiger partial charge in [-0.2, -0.15) is 0 Å². The summed E-state index contributed by atoms with van der Waals surface area (Å²) in [6, 6.07) is 9.05. The molecule has 5 heteroatoms. The van der Waals surface area contributed by atoms with Crippen LogP contribution in [0, 0.1) is 0 Å². The second-order valence-corrected chi connectivity index (χ2v) is 4.63. The molecule has 0 aliphatic heterocycles. The zero-order valence-electron chi connectivity index (χ0n) is 11.9. The molecule has 2 amide bonds. The SMILES string of the molecule is B=CNC(=O)C(Cc1ccccc1)NC(=O)CCCC. The third-order valence-electron chi connectivity index (χ3n) is 2.94. The Kier molecular flexibility index (Phi) is 7.33. The van der Waals surface area contributed by atoms with Gasteiger partial charge in [-0.15, -0.1) is 0 Å². The van der Waals surface area contributed by atoms with Crippen LogP contribution < -0.4 is 10.6 Å². The topological polar surface area (TPSA) is 58.2 Å². The molecule has 0 aliphatic carbocycles. The molecule has 106 valence electrons.